The van der Waals surface area contributed by atoms with E-state index in [1.165, 1.54) is 31.0 Å². The third-order valence-corrected chi connectivity index (χ3v) is 5.34. The molecular formula is C23H31F2N3. The Labute approximate surface area is 167 Å². The fourth-order valence-electron chi connectivity index (χ4n) is 4.15. The van der Waals surface area contributed by atoms with Gasteiger partial charge in [0.25, 0.3) is 0 Å². The van der Waals surface area contributed by atoms with E-state index < -0.39 is 11.6 Å². The summed E-state index contributed by atoms with van der Waals surface area (Å²) in [6.07, 6.45) is 5.54. The molecule has 2 aromatic rings. The third-order valence-electron chi connectivity index (χ3n) is 5.34. The van der Waals surface area contributed by atoms with Crippen molar-refractivity contribution in [3.8, 4) is 11.3 Å². The predicted octanol–water partition coefficient (Wildman–Crippen LogP) is 5.50. The quantitative estimate of drug-likeness (QED) is 0.739. The summed E-state index contributed by atoms with van der Waals surface area (Å²) < 4.78 is 28.0. The first-order valence-electron chi connectivity index (χ1n) is 10.5. The number of rotatable bonds is 2. The molecule has 2 heterocycles. The van der Waals surface area contributed by atoms with Crippen LogP contribution in [0.5, 0.6) is 0 Å². The normalized spacial score (nSPS) is 21.6. The van der Waals surface area contributed by atoms with Gasteiger partial charge in [-0.25, -0.2) is 8.78 Å². The highest BCUT2D eigenvalue weighted by Crippen LogP contribution is 2.39. The van der Waals surface area contributed by atoms with Gasteiger partial charge in [0.1, 0.15) is 11.6 Å². The fourth-order valence-corrected chi connectivity index (χ4v) is 4.15. The van der Waals surface area contributed by atoms with Crippen LogP contribution in [-0.4, -0.2) is 23.3 Å². The van der Waals surface area contributed by atoms with Crippen molar-refractivity contribution in [3.05, 3.63) is 47.2 Å². The van der Waals surface area contributed by atoms with E-state index in [1.54, 1.807) is 0 Å². The number of hydrogen-bond acceptors (Lipinski definition) is 3. The number of piperidine rings is 1. The molecule has 2 aliphatic rings. The van der Waals surface area contributed by atoms with E-state index in [0.29, 0.717) is 17.5 Å². The van der Waals surface area contributed by atoms with Crippen LogP contribution in [0.2, 0.25) is 0 Å². The summed E-state index contributed by atoms with van der Waals surface area (Å²) in [6.45, 7) is 8.61. The monoisotopic (exact) mass is 387 g/mol. The van der Waals surface area contributed by atoms with Gasteiger partial charge in [-0.2, -0.15) is 10.2 Å². The van der Waals surface area contributed by atoms with Crippen LogP contribution < -0.4 is 5.32 Å². The second-order valence-corrected chi connectivity index (χ2v) is 8.57. The summed E-state index contributed by atoms with van der Waals surface area (Å²) in [6, 6.07) is 5.73. The SMILES string of the molecule is CC(C)C.Fc1cccc(F)c1-c1cc2c(nn1)C(C1CCCNC1)CCC2. The Morgan fingerprint density at radius 1 is 1.04 bits per heavy atom. The highest BCUT2D eigenvalue weighted by molar-refractivity contribution is 5.61. The molecule has 0 spiro atoms. The zero-order valence-corrected chi connectivity index (χ0v) is 17.1. The van der Waals surface area contributed by atoms with E-state index >= 15 is 0 Å². The van der Waals surface area contributed by atoms with Gasteiger partial charge in [0.15, 0.2) is 0 Å². The average Bonchev–Trinajstić information content (AvgIpc) is 2.67. The van der Waals surface area contributed by atoms with Crippen LogP contribution >= 0.6 is 0 Å². The average molecular weight is 388 g/mol. The number of halogens is 2. The maximum Gasteiger partial charge on any atom is 0.135 e. The molecule has 2 unspecified atom stereocenters. The summed E-state index contributed by atoms with van der Waals surface area (Å²) >= 11 is 0. The molecule has 152 valence electrons. The van der Waals surface area contributed by atoms with Crippen LogP contribution in [0, 0.1) is 23.5 Å². The van der Waals surface area contributed by atoms with Crippen molar-refractivity contribution in [1.82, 2.24) is 15.5 Å². The van der Waals surface area contributed by atoms with Gasteiger partial charge in [0, 0.05) is 5.92 Å². The van der Waals surface area contributed by atoms with E-state index in [4.69, 9.17) is 0 Å². The number of nitrogens with zero attached hydrogens (tertiary/aromatic N) is 2. The van der Waals surface area contributed by atoms with E-state index in [9.17, 15) is 8.78 Å². The highest BCUT2D eigenvalue weighted by Gasteiger charge is 2.31. The Kier molecular flexibility index (Phi) is 7.11. The molecular weight excluding hydrogens is 356 g/mol. The standard InChI is InChI=1S/C19H21F2N3.C4H10/c20-15-7-2-8-16(21)18(15)17-10-12-4-1-6-14(19(12)24-23-17)13-5-3-9-22-11-13;1-4(2)3/h2,7-8,10,13-14,22H,1,3-6,9,11H2;4H,1-3H3. The molecule has 1 aliphatic heterocycles. The summed E-state index contributed by atoms with van der Waals surface area (Å²) in [4.78, 5) is 0. The number of aromatic nitrogens is 2. The molecule has 1 fully saturated rings. The van der Waals surface area contributed by atoms with Gasteiger partial charge in [-0.15, -0.1) is 0 Å². The van der Waals surface area contributed by atoms with E-state index in [-0.39, 0.29) is 5.56 Å². The van der Waals surface area contributed by atoms with Gasteiger partial charge in [0.2, 0.25) is 0 Å². The molecule has 1 saturated heterocycles. The molecule has 4 rings (SSSR count). The van der Waals surface area contributed by atoms with Crippen molar-refractivity contribution in [1.29, 1.82) is 0 Å². The number of fused-ring (bicyclic) bond motifs is 1. The van der Waals surface area contributed by atoms with Crippen LogP contribution in [0.3, 0.4) is 0 Å². The number of nitrogens with one attached hydrogen (secondary N) is 1. The molecule has 1 N–H and O–H groups in total. The predicted molar refractivity (Wildman–Crippen MR) is 109 cm³/mol. The first kappa shape index (κ1) is 20.8. The van der Waals surface area contributed by atoms with E-state index in [2.05, 4.69) is 36.3 Å². The Bertz CT molecular complexity index is 762. The Morgan fingerprint density at radius 3 is 2.39 bits per heavy atom. The van der Waals surface area contributed by atoms with Crippen LogP contribution in [-0.2, 0) is 6.42 Å². The largest absolute Gasteiger partial charge is 0.316 e. The Balaban J connectivity index is 0.000000516. The second-order valence-electron chi connectivity index (χ2n) is 8.57. The molecule has 0 bridgehead atoms. The van der Waals surface area contributed by atoms with Gasteiger partial charge < -0.3 is 5.32 Å². The van der Waals surface area contributed by atoms with Gasteiger partial charge in [-0.1, -0.05) is 26.8 Å². The maximum atomic E-state index is 14.0. The summed E-state index contributed by atoms with van der Waals surface area (Å²) in [7, 11) is 0. The van der Waals surface area contributed by atoms with Crippen molar-refractivity contribution in [2.75, 3.05) is 13.1 Å². The minimum Gasteiger partial charge on any atom is -0.316 e. The summed E-state index contributed by atoms with van der Waals surface area (Å²) in [5.41, 5.74) is 2.36. The van der Waals surface area contributed by atoms with Crippen molar-refractivity contribution >= 4 is 0 Å². The van der Waals surface area contributed by atoms with Crippen molar-refractivity contribution in [3.63, 3.8) is 0 Å². The lowest BCUT2D eigenvalue weighted by atomic mass is 9.76. The first-order chi connectivity index (χ1) is 13.5. The first-order valence-corrected chi connectivity index (χ1v) is 10.5. The second kappa shape index (κ2) is 9.55. The van der Waals surface area contributed by atoms with Gasteiger partial charge in [-0.05, 0) is 80.8 Å². The molecule has 0 radical (unpaired) electrons. The van der Waals surface area contributed by atoms with Gasteiger partial charge >= 0.3 is 0 Å². The molecule has 28 heavy (non-hydrogen) atoms. The molecule has 1 aromatic heterocycles. The highest BCUT2D eigenvalue weighted by atomic mass is 19.1. The zero-order chi connectivity index (χ0) is 20.1. The lowest BCUT2D eigenvalue weighted by molar-refractivity contribution is 0.294. The molecule has 1 aliphatic carbocycles. The number of benzene rings is 1. The van der Waals surface area contributed by atoms with Crippen molar-refractivity contribution < 1.29 is 8.78 Å². The molecule has 1 aromatic carbocycles. The lowest BCUT2D eigenvalue weighted by Gasteiger charge is -2.33. The number of hydrogen-bond donors (Lipinski definition) is 1. The summed E-state index contributed by atoms with van der Waals surface area (Å²) in [5.74, 6) is 0.651. The molecule has 3 nitrogen and oxygen atoms in total. The van der Waals surface area contributed by atoms with Gasteiger partial charge in [0.05, 0.1) is 17.0 Å². The molecule has 5 heteroatoms. The van der Waals surface area contributed by atoms with Crippen molar-refractivity contribution in [2.24, 2.45) is 11.8 Å². The minimum atomic E-state index is -0.590. The van der Waals surface area contributed by atoms with Crippen LogP contribution in [0.4, 0.5) is 8.78 Å². The van der Waals surface area contributed by atoms with E-state index in [1.807, 2.05) is 6.07 Å². The molecule has 0 saturated carbocycles. The zero-order valence-electron chi connectivity index (χ0n) is 17.1. The number of aryl methyl sites for hydroxylation is 1. The minimum absolute atomic E-state index is 0.0748. The van der Waals surface area contributed by atoms with Gasteiger partial charge in [-0.3, -0.25) is 0 Å². The summed E-state index contributed by atoms with van der Waals surface area (Å²) in [5, 5.41) is 12.1. The smallest absolute Gasteiger partial charge is 0.135 e. The third kappa shape index (κ3) is 4.93. The Hall–Kier alpha value is -1.88. The van der Waals surface area contributed by atoms with Crippen molar-refractivity contribution in [2.45, 2.75) is 58.8 Å². The van der Waals surface area contributed by atoms with Crippen LogP contribution in [0.1, 0.15) is 63.6 Å². The maximum absolute atomic E-state index is 14.0. The molecule has 2 atom stereocenters. The van der Waals surface area contributed by atoms with Crippen LogP contribution in [0.15, 0.2) is 24.3 Å². The fraction of sp³-hybridized carbons (Fsp3) is 0.565. The lowest BCUT2D eigenvalue weighted by Crippen LogP contribution is -2.35. The van der Waals surface area contributed by atoms with E-state index in [0.717, 1.165) is 49.5 Å². The topological polar surface area (TPSA) is 37.8 Å². The Morgan fingerprint density at radius 2 is 1.75 bits per heavy atom. The molecule has 0 amide bonds. The van der Waals surface area contributed by atoms with Crippen LogP contribution in [0.25, 0.3) is 11.3 Å².